The Morgan fingerprint density at radius 1 is 1.45 bits per heavy atom. The SMILES string of the molecule is COCC(C)NC(=O)COc1ccc(Cl)cc1[C@H](C)O. The maximum atomic E-state index is 11.7. The molecule has 1 aromatic rings. The third kappa shape index (κ3) is 5.36. The second-order valence-electron chi connectivity index (χ2n) is 4.57. The summed E-state index contributed by atoms with van der Waals surface area (Å²) in [6, 6.07) is 4.81. The van der Waals surface area contributed by atoms with Gasteiger partial charge in [0.05, 0.1) is 12.7 Å². The van der Waals surface area contributed by atoms with E-state index >= 15 is 0 Å². The Morgan fingerprint density at radius 3 is 2.75 bits per heavy atom. The fraction of sp³-hybridized carbons (Fsp3) is 0.500. The van der Waals surface area contributed by atoms with Crippen molar-refractivity contribution >= 4 is 17.5 Å². The Labute approximate surface area is 123 Å². The van der Waals surface area contributed by atoms with Gasteiger partial charge in [0.1, 0.15) is 5.75 Å². The highest BCUT2D eigenvalue weighted by molar-refractivity contribution is 6.30. The molecule has 0 saturated carbocycles. The molecule has 0 radical (unpaired) electrons. The summed E-state index contributed by atoms with van der Waals surface area (Å²) >= 11 is 5.87. The molecule has 1 rings (SSSR count). The first-order valence-electron chi connectivity index (χ1n) is 6.32. The number of amides is 1. The number of carbonyl (C=O) groups excluding carboxylic acids is 1. The van der Waals surface area contributed by atoms with Crippen LogP contribution in [0.4, 0.5) is 0 Å². The van der Waals surface area contributed by atoms with Crippen LogP contribution in [0.5, 0.6) is 5.75 Å². The number of halogens is 1. The third-order valence-corrected chi connectivity index (χ3v) is 2.84. The molecule has 0 aliphatic carbocycles. The van der Waals surface area contributed by atoms with E-state index in [9.17, 15) is 9.90 Å². The number of methoxy groups -OCH3 is 1. The minimum Gasteiger partial charge on any atom is -0.483 e. The van der Waals surface area contributed by atoms with Gasteiger partial charge >= 0.3 is 0 Å². The number of hydrogen-bond donors (Lipinski definition) is 2. The smallest absolute Gasteiger partial charge is 0.258 e. The van der Waals surface area contributed by atoms with E-state index < -0.39 is 6.10 Å². The summed E-state index contributed by atoms with van der Waals surface area (Å²) in [5.41, 5.74) is 0.551. The largest absolute Gasteiger partial charge is 0.483 e. The number of hydrogen-bond acceptors (Lipinski definition) is 4. The van der Waals surface area contributed by atoms with Gasteiger partial charge in [-0.25, -0.2) is 0 Å². The topological polar surface area (TPSA) is 67.8 Å². The summed E-state index contributed by atoms with van der Waals surface area (Å²) in [6.45, 7) is 3.76. The van der Waals surface area contributed by atoms with Crippen molar-refractivity contribution in [1.29, 1.82) is 0 Å². The molecule has 1 unspecified atom stereocenters. The van der Waals surface area contributed by atoms with Gasteiger partial charge in [-0.3, -0.25) is 4.79 Å². The number of nitrogens with one attached hydrogen (secondary N) is 1. The first kappa shape index (κ1) is 16.8. The van der Waals surface area contributed by atoms with Crippen LogP contribution in [0.1, 0.15) is 25.5 Å². The van der Waals surface area contributed by atoms with Crippen LogP contribution in [0.3, 0.4) is 0 Å². The average Bonchev–Trinajstić information content (AvgIpc) is 2.37. The predicted octanol–water partition coefficient (Wildman–Crippen LogP) is 1.92. The van der Waals surface area contributed by atoms with Crippen molar-refractivity contribution in [3.63, 3.8) is 0 Å². The van der Waals surface area contributed by atoms with Crippen LogP contribution in [0.25, 0.3) is 0 Å². The summed E-state index contributed by atoms with van der Waals surface area (Å²) in [6.07, 6.45) is -0.723. The molecule has 1 amide bonds. The Hall–Kier alpha value is -1.30. The Kier molecular flexibility index (Phi) is 6.78. The zero-order valence-electron chi connectivity index (χ0n) is 11.9. The lowest BCUT2D eigenvalue weighted by Gasteiger charge is -2.15. The normalized spacial score (nSPS) is 13.7. The average molecular weight is 302 g/mol. The van der Waals surface area contributed by atoms with E-state index in [0.29, 0.717) is 22.9 Å². The summed E-state index contributed by atoms with van der Waals surface area (Å²) < 4.78 is 10.4. The van der Waals surface area contributed by atoms with Gasteiger partial charge in [-0.15, -0.1) is 0 Å². The molecule has 0 saturated heterocycles. The van der Waals surface area contributed by atoms with E-state index in [4.69, 9.17) is 21.1 Å². The Morgan fingerprint density at radius 2 is 2.15 bits per heavy atom. The lowest BCUT2D eigenvalue weighted by atomic mass is 10.1. The van der Waals surface area contributed by atoms with Crippen molar-refractivity contribution in [1.82, 2.24) is 5.32 Å². The molecule has 0 aliphatic rings. The van der Waals surface area contributed by atoms with Gasteiger partial charge < -0.3 is 19.9 Å². The fourth-order valence-electron chi connectivity index (χ4n) is 1.73. The molecule has 0 aromatic heterocycles. The van der Waals surface area contributed by atoms with Gasteiger partial charge in [0.2, 0.25) is 0 Å². The molecule has 0 spiro atoms. The molecule has 5 nitrogen and oxygen atoms in total. The van der Waals surface area contributed by atoms with E-state index in [0.717, 1.165) is 0 Å². The van der Waals surface area contributed by atoms with Crippen molar-refractivity contribution < 1.29 is 19.4 Å². The molecule has 20 heavy (non-hydrogen) atoms. The van der Waals surface area contributed by atoms with Crippen LogP contribution >= 0.6 is 11.6 Å². The van der Waals surface area contributed by atoms with E-state index in [1.54, 1.807) is 32.2 Å². The fourth-order valence-corrected chi connectivity index (χ4v) is 1.91. The molecule has 0 bridgehead atoms. The van der Waals surface area contributed by atoms with E-state index in [-0.39, 0.29) is 18.6 Å². The molecule has 2 atom stereocenters. The maximum absolute atomic E-state index is 11.7. The minimum atomic E-state index is -0.723. The molecule has 0 aliphatic heterocycles. The number of carbonyl (C=O) groups is 1. The van der Waals surface area contributed by atoms with Crippen LogP contribution in [-0.2, 0) is 9.53 Å². The van der Waals surface area contributed by atoms with Crippen molar-refractivity contribution in [3.8, 4) is 5.75 Å². The molecule has 0 heterocycles. The molecule has 2 N–H and O–H groups in total. The summed E-state index contributed by atoms with van der Waals surface area (Å²) in [4.78, 5) is 11.7. The van der Waals surface area contributed by atoms with Gasteiger partial charge in [-0.05, 0) is 32.0 Å². The van der Waals surface area contributed by atoms with Crippen LogP contribution in [0.15, 0.2) is 18.2 Å². The van der Waals surface area contributed by atoms with Crippen molar-refractivity contribution in [2.24, 2.45) is 0 Å². The molecular formula is C14H20ClNO4. The van der Waals surface area contributed by atoms with E-state index in [1.807, 2.05) is 6.92 Å². The van der Waals surface area contributed by atoms with Crippen LogP contribution < -0.4 is 10.1 Å². The minimum absolute atomic E-state index is 0.0856. The van der Waals surface area contributed by atoms with Gasteiger partial charge in [0.25, 0.3) is 5.91 Å². The second-order valence-corrected chi connectivity index (χ2v) is 5.01. The second kappa shape index (κ2) is 8.09. The van der Waals surface area contributed by atoms with Crippen LogP contribution in [0, 0.1) is 0 Å². The highest BCUT2D eigenvalue weighted by Gasteiger charge is 2.12. The first-order chi connectivity index (χ1) is 9.43. The third-order valence-electron chi connectivity index (χ3n) is 2.60. The standard InChI is InChI=1S/C14H20ClNO4/c1-9(7-19-3)16-14(18)8-20-13-5-4-11(15)6-12(13)10(2)17/h4-6,9-10,17H,7-8H2,1-3H3,(H,16,18)/t9?,10-/m0/s1. The van der Waals surface area contributed by atoms with Crippen LogP contribution in [0.2, 0.25) is 5.02 Å². The summed E-state index contributed by atoms with van der Waals surface area (Å²) in [5, 5.41) is 12.9. The summed E-state index contributed by atoms with van der Waals surface area (Å²) in [7, 11) is 1.57. The monoisotopic (exact) mass is 301 g/mol. The van der Waals surface area contributed by atoms with Crippen molar-refractivity contribution in [2.45, 2.75) is 26.0 Å². The van der Waals surface area contributed by atoms with Crippen molar-refractivity contribution in [2.75, 3.05) is 20.3 Å². The highest BCUT2D eigenvalue weighted by Crippen LogP contribution is 2.28. The maximum Gasteiger partial charge on any atom is 0.258 e. The zero-order chi connectivity index (χ0) is 15.1. The molecular weight excluding hydrogens is 282 g/mol. The van der Waals surface area contributed by atoms with Gasteiger partial charge in [0.15, 0.2) is 6.61 Å². The van der Waals surface area contributed by atoms with Crippen LogP contribution in [-0.4, -0.2) is 37.4 Å². The molecule has 112 valence electrons. The highest BCUT2D eigenvalue weighted by atomic mass is 35.5. The predicted molar refractivity (Wildman–Crippen MR) is 77.1 cm³/mol. The van der Waals surface area contributed by atoms with Crippen molar-refractivity contribution in [3.05, 3.63) is 28.8 Å². The first-order valence-corrected chi connectivity index (χ1v) is 6.70. The van der Waals surface area contributed by atoms with Gasteiger partial charge in [-0.1, -0.05) is 11.6 Å². The number of ether oxygens (including phenoxy) is 2. The number of aliphatic hydroxyl groups excluding tert-OH is 1. The molecule has 1 aromatic carbocycles. The summed E-state index contributed by atoms with van der Waals surface area (Å²) in [5.74, 6) is 0.194. The number of benzene rings is 1. The van der Waals surface area contributed by atoms with E-state index in [2.05, 4.69) is 5.32 Å². The Bertz CT molecular complexity index is 451. The number of rotatable bonds is 7. The quantitative estimate of drug-likeness (QED) is 0.807. The Balaban J connectivity index is 2.59. The molecule has 0 fully saturated rings. The number of aliphatic hydroxyl groups is 1. The molecule has 6 heteroatoms. The lowest BCUT2D eigenvalue weighted by molar-refractivity contribution is -0.124. The lowest BCUT2D eigenvalue weighted by Crippen LogP contribution is -2.38. The van der Waals surface area contributed by atoms with Gasteiger partial charge in [-0.2, -0.15) is 0 Å². The zero-order valence-corrected chi connectivity index (χ0v) is 12.6. The van der Waals surface area contributed by atoms with Gasteiger partial charge in [0, 0.05) is 23.7 Å². The van der Waals surface area contributed by atoms with E-state index in [1.165, 1.54) is 0 Å².